The third kappa shape index (κ3) is 6.50. The van der Waals surface area contributed by atoms with E-state index in [0.29, 0.717) is 33.8 Å². The highest BCUT2D eigenvalue weighted by atomic mass is 16.1. The first-order valence-electron chi connectivity index (χ1n) is 15.3. The van der Waals surface area contributed by atoms with Gasteiger partial charge >= 0.3 is 0 Å². The largest absolute Gasteiger partial charge is 0.351 e. The fourth-order valence-corrected chi connectivity index (χ4v) is 5.74. The zero-order chi connectivity index (χ0) is 28.6. The molecule has 0 spiro atoms. The van der Waals surface area contributed by atoms with Gasteiger partial charge in [-0.25, -0.2) is 9.97 Å². The summed E-state index contributed by atoms with van der Waals surface area (Å²) < 4.78 is 0. The van der Waals surface area contributed by atoms with Crippen LogP contribution in [0.1, 0.15) is 89.2 Å². The van der Waals surface area contributed by atoms with Gasteiger partial charge in [0, 0.05) is 0 Å². The Hall–Kier alpha value is -4.00. The summed E-state index contributed by atoms with van der Waals surface area (Å²) in [5.74, 6) is 0. The zero-order valence-corrected chi connectivity index (χ0v) is 24.3. The molecule has 2 aromatic carbocycles. The summed E-state index contributed by atoms with van der Waals surface area (Å²) >= 11 is 0. The first-order valence-corrected chi connectivity index (χ1v) is 15.3. The number of aromatic nitrogens is 5. The number of para-hydroxylation sites is 4. The van der Waals surface area contributed by atoms with Crippen LogP contribution in [0.15, 0.2) is 58.1 Å². The fraction of sp³-hybridized carbons (Fsp3) is 0.412. The monoisotopic (exact) mass is 551 g/mol. The number of hydrogen-bond donors (Lipinski definition) is 3. The van der Waals surface area contributed by atoms with Crippen molar-refractivity contribution in [3.8, 4) is 22.8 Å². The number of benzene rings is 2. The maximum atomic E-state index is 13.4. The van der Waals surface area contributed by atoms with Crippen LogP contribution in [0, 0.1) is 0 Å². The Morgan fingerprint density at radius 2 is 0.951 bits per heavy atom. The number of aromatic amines is 3. The molecule has 0 fully saturated rings. The Morgan fingerprint density at radius 1 is 0.537 bits per heavy atom. The van der Waals surface area contributed by atoms with E-state index in [4.69, 9.17) is 9.97 Å². The van der Waals surface area contributed by atoms with E-state index in [0.717, 1.165) is 60.7 Å². The Bertz CT molecular complexity index is 1600. The van der Waals surface area contributed by atoms with E-state index in [-0.39, 0.29) is 11.1 Å². The second-order valence-corrected chi connectivity index (χ2v) is 11.0. The molecule has 0 saturated heterocycles. The lowest BCUT2D eigenvalue weighted by Gasteiger charge is -2.10. The van der Waals surface area contributed by atoms with Crippen LogP contribution in [0.2, 0.25) is 0 Å². The average molecular weight is 552 g/mol. The molecule has 7 nitrogen and oxygen atoms in total. The molecule has 0 unspecified atom stereocenters. The molecule has 0 bridgehead atoms. The van der Waals surface area contributed by atoms with E-state index < -0.39 is 0 Å². The molecule has 3 N–H and O–H groups in total. The minimum absolute atomic E-state index is 0.237. The molecular formula is C34H41N5O2. The number of nitrogens with zero attached hydrogens (tertiary/aromatic N) is 2. The lowest BCUT2D eigenvalue weighted by molar-refractivity contribution is 0.622. The minimum atomic E-state index is -0.237. The zero-order valence-electron chi connectivity index (χ0n) is 24.3. The van der Waals surface area contributed by atoms with Crippen molar-refractivity contribution >= 4 is 22.1 Å². The summed E-state index contributed by atoms with van der Waals surface area (Å²) in [6.45, 7) is 4.44. The lowest BCUT2D eigenvalue weighted by Crippen LogP contribution is -2.13. The SMILES string of the molecule is CCCCCCCc1c(-c2nc3ccccc3[nH]c2=O)[nH]c(-c2nc3ccccc3[nH]c2=O)c1CCCCCCC. The predicted molar refractivity (Wildman–Crippen MR) is 168 cm³/mol. The average Bonchev–Trinajstić information content (AvgIpc) is 3.33. The Balaban J connectivity index is 1.66. The predicted octanol–water partition coefficient (Wildman–Crippen LogP) is 7.85. The van der Waals surface area contributed by atoms with Crippen molar-refractivity contribution in [2.45, 2.75) is 90.9 Å². The molecule has 214 valence electrons. The normalized spacial score (nSPS) is 11.6. The van der Waals surface area contributed by atoms with Crippen LogP contribution in [0.4, 0.5) is 0 Å². The fourth-order valence-electron chi connectivity index (χ4n) is 5.74. The molecule has 7 heteroatoms. The van der Waals surface area contributed by atoms with Crippen molar-refractivity contribution in [3.05, 3.63) is 80.4 Å². The second-order valence-electron chi connectivity index (χ2n) is 11.0. The number of rotatable bonds is 14. The van der Waals surface area contributed by atoms with Gasteiger partial charge in [0.25, 0.3) is 11.1 Å². The van der Waals surface area contributed by atoms with Crippen molar-refractivity contribution in [3.63, 3.8) is 0 Å². The molecule has 3 heterocycles. The van der Waals surface area contributed by atoms with Crippen LogP contribution in [0.5, 0.6) is 0 Å². The number of fused-ring (bicyclic) bond motifs is 2. The number of hydrogen-bond acceptors (Lipinski definition) is 4. The van der Waals surface area contributed by atoms with Crippen molar-refractivity contribution in [1.29, 1.82) is 0 Å². The van der Waals surface area contributed by atoms with Crippen LogP contribution < -0.4 is 11.1 Å². The summed E-state index contributed by atoms with van der Waals surface area (Å²) in [7, 11) is 0. The van der Waals surface area contributed by atoms with Crippen LogP contribution in [-0.2, 0) is 12.8 Å². The molecule has 0 aliphatic carbocycles. The quantitative estimate of drug-likeness (QED) is 0.122. The van der Waals surface area contributed by atoms with Gasteiger partial charge in [-0.1, -0.05) is 89.5 Å². The van der Waals surface area contributed by atoms with Crippen molar-refractivity contribution in [2.75, 3.05) is 0 Å². The van der Waals surface area contributed by atoms with Crippen molar-refractivity contribution in [1.82, 2.24) is 24.9 Å². The van der Waals surface area contributed by atoms with E-state index in [9.17, 15) is 9.59 Å². The summed E-state index contributed by atoms with van der Waals surface area (Å²) in [5, 5.41) is 0. The van der Waals surface area contributed by atoms with Gasteiger partial charge in [0.2, 0.25) is 0 Å². The van der Waals surface area contributed by atoms with Crippen LogP contribution in [0.3, 0.4) is 0 Å². The van der Waals surface area contributed by atoms with Gasteiger partial charge in [-0.15, -0.1) is 0 Å². The van der Waals surface area contributed by atoms with E-state index in [1.54, 1.807) is 0 Å². The van der Waals surface area contributed by atoms with Crippen LogP contribution >= 0.6 is 0 Å². The van der Waals surface area contributed by atoms with E-state index >= 15 is 0 Å². The maximum Gasteiger partial charge on any atom is 0.276 e. The van der Waals surface area contributed by atoms with E-state index in [2.05, 4.69) is 28.8 Å². The van der Waals surface area contributed by atoms with E-state index in [1.165, 1.54) is 38.5 Å². The third-order valence-electron chi connectivity index (χ3n) is 7.95. The summed E-state index contributed by atoms with van der Waals surface area (Å²) in [5.41, 5.74) is 6.73. The van der Waals surface area contributed by atoms with E-state index in [1.807, 2.05) is 48.5 Å². The number of H-pyrrole nitrogens is 3. The molecule has 0 aliphatic rings. The Labute approximate surface area is 240 Å². The number of nitrogens with one attached hydrogen (secondary N) is 3. The molecule has 0 aliphatic heterocycles. The first-order chi connectivity index (χ1) is 20.1. The highest BCUT2D eigenvalue weighted by Gasteiger charge is 2.24. The minimum Gasteiger partial charge on any atom is -0.351 e. The molecule has 0 radical (unpaired) electrons. The second kappa shape index (κ2) is 13.6. The third-order valence-corrected chi connectivity index (χ3v) is 7.95. The van der Waals surface area contributed by atoms with Crippen LogP contribution in [0.25, 0.3) is 44.8 Å². The molecule has 0 amide bonds. The van der Waals surface area contributed by atoms with Gasteiger partial charge in [0.1, 0.15) is 0 Å². The van der Waals surface area contributed by atoms with Crippen LogP contribution in [-0.4, -0.2) is 24.9 Å². The Kier molecular flexibility index (Phi) is 9.44. The molecular weight excluding hydrogens is 510 g/mol. The topological polar surface area (TPSA) is 107 Å². The Morgan fingerprint density at radius 3 is 1.39 bits per heavy atom. The van der Waals surface area contributed by atoms with Gasteiger partial charge in [-0.05, 0) is 61.1 Å². The van der Waals surface area contributed by atoms with Gasteiger partial charge < -0.3 is 15.0 Å². The molecule has 0 saturated carbocycles. The molecule has 3 aromatic heterocycles. The van der Waals surface area contributed by atoms with Crippen molar-refractivity contribution < 1.29 is 0 Å². The summed E-state index contributed by atoms with van der Waals surface area (Å²) in [6, 6.07) is 15.2. The van der Waals surface area contributed by atoms with Gasteiger partial charge in [0.15, 0.2) is 11.4 Å². The molecule has 41 heavy (non-hydrogen) atoms. The smallest absolute Gasteiger partial charge is 0.276 e. The highest BCUT2D eigenvalue weighted by molar-refractivity contribution is 5.81. The number of unbranched alkanes of at least 4 members (excludes halogenated alkanes) is 8. The molecule has 0 atom stereocenters. The van der Waals surface area contributed by atoms with Gasteiger partial charge in [0.05, 0.1) is 33.5 Å². The summed E-state index contributed by atoms with van der Waals surface area (Å²) in [6.07, 6.45) is 13.1. The van der Waals surface area contributed by atoms with Crippen molar-refractivity contribution in [2.24, 2.45) is 0 Å². The lowest BCUT2D eigenvalue weighted by atomic mass is 9.95. The standard InChI is InChI=1S/C34H41N5O2/c1-3-5-7-9-11-17-23-24(18-12-10-8-6-4-2)30(32-34(41)38-28-22-16-14-20-26(28)36-32)39-29(23)31-33(40)37-27-21-15-13-19-25(27)35-31/h13-16,19-22,39H,3-12,17-18H2,1-2H3,(H,37,40)(H,38,41). The maximum absolute atomic E-state index is 13.4. The van der Waals surface area contributed by atoms with Gasteiger partial charge in [-0.2, -0.15) is 0 Å². The summed E-state index contributed by atoms with van der Waals surface area (Å²) in [4.78, 5) is 46.0. The molecule has 5 rings (SSSR count). The van der Waals surface area contributed by atoms with Gasteiger partial charge in [-0.3, -0.25) is 9.59 Å². The molecule has 5 aromatic rings. The highest BCUT2D eigenvalue weighted by Crippen LogP contribution is 2.34. The first kappa shape index (κ1) is 28.5.